The van der Waals surface area contributed by atoms with E-state index in [0.717, 1.165) is 6.07 Å². The average Bonchev–Trinajstić information content (AvgIpc) is 2.57. The Balaban J connectivity index is 2.04. The summed E-state index contributed by atoms with van der Waals surface area (Å²) in [6.07, 6.45) is -6.04. The molecule has 0 spiro atoms. The standard InChI is InChI=1S/C17H21F3N4O4/c1-16(2,3)28-14(25)22-7-6-21-12-5-4-10(8-11(12)17(18,19)20)13-9-27-15(26)24-23-13/h4-5,8,21H,6-7,9H2,1-3H3,(H,22,25)(H,24,26). The van der Waals surface area contributed by atoms with Crippen LogP contribution in [0.25, 0.3) is 0 Å². The van der Waals surface area contributed by atoms with Crippen LogP contribution in [0.4, 0.5) is 28.4 Å². The van der Waals surface area contributed by atoms with Crippen molar-refractivity contribution in [1.82, 2.24) is 10.7 Å². The lowest BCUT2D eigenvalue weighted by Gasteiger charge is -2.20. The molecule has 0 atom stereocenters. The molecule has 0 aromatic heterocycles. The van der Waals surface area contributed by atoms with Crippen LogP contribution in [0.15, 0.2) is 23.3 Å². The summed E-state index contributed by atoms with van der Waals surface area (Å²) in [5.74, 6) is 0. The molecular formula is C17H21F3N4O4. The van der Waals surface area contributed by atoms with Crippen molar-refractivity contribution in [3.63, 3.8) is 0 Å². The Labute approximate surface area is 159 Å². The molecule has 0 aliphatic carbocycles. The van der Waals surface area contributed by atoms with Crippen molar-refractivity contribution < 1.29 is 32.2 Å². The van der Waals surface area contributed by atoms with E-state index in [1.807, 2.05) is 5.43 Å². The Morgan fingerprint density at radius 3 is 2.57 bits per heavy atom. The highest BCUT2D eigenvalue weighted by molar-refractivity contribution is 6.04. The van der Waals surface area contributed by atoms with E-state index >= 15 is 0 Å². The van der Waals surface area contributed by atoms with Gasteiger partial charge in [-0.2, -0.15) is 18.3 Å². The van der Waals surface area contributed by atoms with E-state index in [-0.39, 0.29) is 36.7 Å². The molecule has 11 heteroatoms. The van der Waals surface area contributed by atoms with Crippen LogP contribution in [0.1, 0.15) is 31.9 Å². The number of hydrogen-bond donors (Lipinski definition) is 3. The van der Waals surface area contributed by atoms with Gasteiger partial charge in [0.05, 0.1) is 5.56 Å². The van der Waals surface area contributed by atoms with Gasteiger partial charge in [-0.25, -0.2) is 15.0 Å². The first-order valence-electron chi connectivity index (χ1n) is 8.37. The molecule has 1 aliphatic rings. The molecule has 3 N–H and O–H groups in total. The summed E-state index contributed by atoms with van der Waals surface area (Å²) in [5, 5.41) is 8.80. The van der Waals surface area contributed by atoms with Gasteiger partial charge in [-0.3, -0.25) is 0 Å². The second kappa shape index (κ2) is 8.36. The van der Waals surface area contributed by atoms with E-state index < -0.39 is 29.5 Å². The number of amides is 2. The third-order valence-corrected chi connectivity index (χ3v) is 3.39. The van der Waals surface area contributed by atoms with Gasteiger partial charge in [0.2, 0.25) is 0 Å². The third kappa shape index (κ3) is 6.32. The highest BCUT2D eigenvalue weighted by Gasteiger charge is 2.34. The van der Waals surface area contributed by atoms with Crippen molar-refractivity contribution >= 4 is 23.6 Å². The SMILES string of the molecule is CC(C)(C)OC(=O)NCCNc1ccc(C2=NNC(=O)OC2)cc1C(F)(F)F. The number of alkyl halides is 3. The Morgan fingerprint density at radius 1 is 1.29 bits per heavy atom. The first-order chi connectivity index (χ1) is 13.0. The lowest BCUT2D eigenvalue weighted by atomic mass is 10.0. The van der Waals surface area contributed by atoms with Crippen LogP contribution >= 0.6 is 0 Å². The fourth-order valence-electron chi connectivity index (χ4n) is 2.25. The maximum absolute atomic E-state index is 13.4. The van der Waals surface area contributed by atoms with Gasteiger partial charge in [0.15, 0.2) is 0 Å². The number of cyclic esters (lactones) is 1. The van der Waals surface area contributed by atoms with Crippen molar-refractivity contribution in [2.75, 3.05) is 25.0 Å². The van der Waals surface area contributed by atoms with Gasteiger partial charge in [-0.15, -0.1) is 0 Å². The summed E-state index contributed by atoms with van der Waals surface area (Å²) in [6, 6.07) is 3.60. The van der Waals surface area contributed by atoms with Crippen LogP contribution < -0.4 is 16.1 Å². The van der Waals surface area contributed by atoms with Crippen molar-refractivity contribution in [3.05, 3.63) is 29.3 Å². The number of nitrogens with one attached hydrogen (secondary N) is 3. The fourth-order valence-corrected chi connectivity index (χ4v) is 2.25. The predicted molar refractivity (Wildman–Crippen MR) is 95.2 cm³/mol. The van der Waals surface area contributed by atoms with E-state index in [9.17, 15) is 22.8 Å². The topological polar surface area (TPSA) is 101 Å². The molecule has 8 nitrogen and oxygen atoms in total. The van der Waals surface area contributed by atoms with Crippen LogP contribution in [0.5, 0.6) is 0 Å². The van der Waals surface area contributed by atoms with Crippen LogP contribution in [0.3, 0.4) is 0 Å². The normalized spacial score (nSPS) is 14.5. The number of alkyl carbamates (subject to hydrolysis) is 1. The van der Waals surface area contributed by atoms with E-state index in [1.54, 1.807) is 20.8 Å². The summed E-state index contributed by atoms with van der Waals surface area (Å²) in [5.41, 5.74) is 0.675. The first kappa shape index (κ1) is 21.3. The average molecular weight is 402 g/mol. The van der Waals surface area contributed by atoms with Crippen LogP contribution in [0.2, 0.25) is 0 Å². The molecule has 0 fully saturated rings. The second-order valence-electron chi connectivity index (χ2n) is 6.86. The Morgan fingerprint density at radius 2 is 2.00 bits per heavy atom. The van der Waals surface area contributed by atoms with Crippen molar-refractivity contribution in [2.24, 2.45) is 5.10 Å². The predicted octanol–water partition coefficient (Wildman–Crippen LogP) is 3.09. The Bertz CT molecular complexity index is 773. The van der Waals surface area contributed by atoms with Gasteiger partial charge >= 0.3 is 18.4 Å². The van der Waals surface area contributed by atoms with E-state index in [4.69, 9.17) is 9.47 Å². The van der Waals surface area contributed by atoms with Crippen molar-refractivity contribution in [1.29, 1.82) is 0 Å². The van der Waals surface area contributed by atoms with E-state index in [0.29, 0.717) is 0 Å². The number of hydrogen-bond acceptors (Lipinski definition) is 6. The number of hydrazone groups is 1. The van der Waals surface area contributed by atoms with Crippen molar-refractivity contribution in [2.45, 2.75) is 32.5 Å². The Kier molecular flexibility index (Phi) is 6.37. The fraction of sp³-hybridized carbons (Fsp3) is 0.471. The summed E-state index contributed by atoms with van der Waals surface area (Å²) in [6.45, 7) is 5.01. The minimum atomic E-state index is -4.61. The smallest absolute Gasteiger partial charge is 0.428 e. The molecule has 154 valence electrons. The number of anilines is 1. The molecule has 0 saturated carbocycles. The van der Waals surface area contributed by atoms with Crippen molar-refractivity contribution in [3.8, 4) is 0 Å². The monoisotopic (exact) mass is 402 g/mol. The zero-order chi connectivity index (χ0) is 20.9. The number of carbonyl (C=O) groups is 2. The maximum Gasteiger partial charge on any atom is 0.428 e. The van der Waals surface area contributed by atoms with Crippen LogP contribution in [-0.4, -0.2) is 43.2 Å². The molecule has 1 aromatic rings. The summed E-state index contributed by atoms with van der Waals surface area (Å²) in [4.78, 5) is 22.5. The quantitative estimate of drug-likeness (QED) is 0.657. The highest BCUT2D eigenvalue weighted by Crippen LogP contribution is 2.35. The van der Waals surface area contributed by atoms with E-state index in [1.165, 1.54) is 12.1 Å². The first-order valence-corrected chi connectivity index (χ1v) is 8.37. The molecular weight excluding hydrogens is 381 g/mol. The van der Waals surface area contributed by atoms with Gasteiger partial charge in [0, 0.05) is 24.3 Å². The summed E-state index contributed by atoms with van der Waals surface area (Å²) < 4.78 is 50.0. The van der Waals surface area contributed by atoms with Gasteiger partial charge in [0.1, 0.15) is 17.9 Å². The molecule has 2 amide bonds. The number of ether oxygens (including phenoxy) is 2. The number of nitrogens with zero attached hydrogens (tertiary/aromatic N) is 1. The van der Waals surface area contributed by atoms with Gasteiger partial charge in [-0.05, 0) is 32.9 Å². The molecule has 28 heavy (non-hydrogen) atoms. The molecule has 1 heterocycles. The molecule has 0 radical (unpaired) electrons. The third-order valence-electron chi connectivity index (χ3n) is 3.39. The zero-order valence-corrected chi connectivity index (χ0v) is 15.6. The Hall–Kier alpha value is -2.98. The number of benzene rings is 1. The van der Waals surface area contributed by atoms with E-state index in [2.05, 4.69) is 15.7 Å². The highest BCUT2D eigenvalue weighted by atomic mass is 19.4. The van der Waals surface area contributed by atoms with Gasteiger partial charge < -0.3 is 20.1 Å². The number of carbonyl (C=O) groups excluding carboxylic acids is 2. The van der Waals surface area contributed by atoms with Gasteiger partial charge in [0.25, 0.3) is 0 Å². The summed E-state index contributed by atoms with van der Waals surface area (Å²) >= 11 is 0. The maximum atomic E-state index is 13.4. The molecule has 0 unspecified atom stereocenters. The van der Waals surface area contributed by atoms with Crippen LogP contribution in [0, 0.1) is 0 Å². The largest absolute Gasteiger partial charge is 0.444 e. The minimum absolute atomic E-state index is 0.0573. The molecule has 2 rings (SSSR count). The second-order valence-corrected chi connectivity index (χ2v) is 6.86. The zero-order valence-electron chi connectivity index (χ0n) is 15.6. The number of rotatable bonds is 5. The molecule has 1 aliphatic heterocycles. The lowest BCUT2D eigenvalue weighted by molar-refractivity contribution is -0.137. The van der Waals surface area contributed by atoms with Gasteiger partial charge in [-0.1, -0.05) is 6.07 Å². The molecule has 1 aromatic carbocycles. The number of halogens is 3. The van der Waals surface area contributed by atoms with Crippen LogP contribution in [-0.2, 0) is 15.7 Å². The lowest BCUT2D eigenvalue weighted by Crippen LogP contribution is -2.35. The molecule has 0 bridgehead atoms. The summed E-state index contributed by atoms with van der Waals surface area (Å²) in [7, 11) is 0. The minimum Gasteiger partial charge on any atom is -0.444 e. The molecule has 0 saturated heterocycles.